The van der Waals surface area contributed by atoms with Crippen LogP contribution in [0.15, 0.2) is 48.5 Å². The summed E-state index contributed by atoms with van der Waals surface area (Å²) in [7, 11) is 0. The summed E-state index contributed by atoms with van der Waals surface area (Å²) in [4.78, 5) is 26.3. The summed E-state index contributed by atoms with van der Waals surface area (Å²) in [5.74, 6) is -0.533. The molecule has 0 heterocycles. The van der Waals surface area contributed by atoms with Gasteiger partial charge in [-0.2, -0.15) is 0 Å². The molecule has 5 nitrogen and oxygen atoms in total. The Kier molecular flexibility index (Phi) is 6.55. The highest BCUT2D eigenvalue weighted by Gasteiger charge is 2.18. The average molecular weight is 372 g/mol. The van der Waals surface area contributed by atoms with Crippen LogP contribution in [0, 0.1) is 5.82 Å². The van der Waals surface area contributed by atoms with Crippen LogP contribution in [0.3, 0.4) is 0 Å². The first-order chi connectivity index (χ1) is 12.7. The van der Waals surface area contributed by atoms with Crippen LogP contribution in [0.5, 0.6) is 0 Å². The number of rotatable bonds is 5. The molecule has 27 heavy (non-hydrogen) atoms. The second kappa shape index (κ2) is 8.66. The Balaban J connectivity index is 2.11. The van der Waals surface area contributed by atoms with Gasteiger partial charge in [-0.05, 0) is 63.6 Å². The fourth-order valence-electron chi connectivity index (χ4n) is 2.52. The molecule has 2 amide bonds. The molecular weight excluding hydrogens is 347 g/mol. The molecule has 6 heteroatoms. The van der Waals surface area contributed by atoms with Crippen molar-refractivity contribution in [2.75, 3.05) is 11.9 Å². The smallest absolute Gasteiger partial charge is 0.412 e. The van der Waals surface area contributed by atoms with Gasteiger partial charge in [0, 0.05) is 24.3 Å². The number of anilines is 1. The maximum absolute atomic E-state index is 13.4. The Labute approximate surface area is 159 Å². The van der Waals surface area contributed by atoms with Crippen molar-refractivity contribution in [3.8, 4) is 0 Å². The first-order valence-corrected chi connectivity index (χ1v) is 8.81. The van der Waals surface area contributed by atoms with E-state index in [-0.39, 0.29) is 11.7 Å². The van der Waals surface area contributed by atoms with E-state index in [9.17, 15) is 14.0 Å². The molecule has 144 valence electrons. The van der Waals surface area contributed by atoms with E-state index in [1.54, 1.807) is 62.1 Å². The van der Waals surface area contributed by atoms with Gasteiger partial charge < -0.3 is 9.64 Å². The highest BCUT2D eigenvalue weighted by Crippen LogP contribution is 2.16. The molecule has 0 radical (unpaired) electrons. The Morgan fingerprint density at radius 3 is 2.44 bits per heavy atom. The number of carbonyl (C=O) groups is 2. The lowest BCUT2D eigenvalue weighted by Crippen LogP contribution is -2.30. The number of nitrogens with one attached hydrogen (secondary N) is 1. The van der Waals surface area contributed by atoms with E-state index in [0.717, 1.165) is 0 Å². The largest absolute Gasteiger partial charge is 0.444 e. The van der Waals surface area contributed by atoms with E-state index in [1.807, 2.05) is 6.92 Å². The average Bonchev–Trinajstić information content (AvgIpc) is 2.57. The molecule has 0 aliphatic carbocycles. The van der Waals surface area contributed by atoms with Crippen LogP contribution in [0.1, 0.15) is 43.6 Å². The molecule has 0 bridgehead atoms. The maximum Gasteiger partial charge on any atom is 0.412 e. The van der Waals surface area contributed by atoms with E-state index in [4.69, 9.17) is 4.74 Å². The summed E-state index contributed by atoms with van der Waals surface area (Å²) >= 11 is 0. The van der Waals surface area contributed by atoms with Gasteiger partial charge in [0.05, 0.1) is 0 Å². The van der Waals surface area contributed by atoms with Crippen LogP contribution in [-0.4, -0.2) is 29.0 Å². The van der Waals surface area contributed by atoms with Crippen LogP contribution in [0.25, 0.3) is 0 Å². The number of hydrogen-bond acceptors (Lipinski definition) is 3. The predicted molar refractivity (Wildman–Crippen MR) is 103 cm³/mol. The number of benzene rings is 2. The molecule has 0 aliphatic rings. The molecule has 0 atom stereocenters. The van der Waals surface area contributed by atoms with Crippen molar-refractivity contribution in [2.45, 2.75) is 39.8 Å². The van der Waals surface area contributed by atoms with E-state index >= 15 is 0 Å². The summed E-state index contributed by atoms with van der Waals surface area (Å²) < 4.78 is 18.6. The third kappa shape index (κ3) is 6.40. The summed E-state index contributed by atoms with van der Waals surface area (Å²) in [5.41, 5.74) is 1.01. The third-order valence-corrected chi connectivity index (χ3v) is 3.69. The van der Waals surface area contributed by atoms with Gasteiger partial charge in [-0.1, -0.05) is 18.2 Å². The number of halogens is 1. The van der Waals surface area contributed by atoms with Crippen molar-refractivity contribution in [3.05, 3.63) is 65.5 Å². The quantitative estimate of drug-likeness (QED) is 0.817. The van der Waals surface area contributed by atoms with E-state index in [1.165, 1.54) is 12.1 Å². The number of ether oxygens (including phenoxy) is 1. The number of carbonyl (C=O) groups excluding carboxylic acids is 2. The van der Waals surface area contributed by atoms with Crippen molar-refractivity contribution >= 4 is 17.7 Å². The summed E-state index contributed by atoms with van der Waals surface area (Å²) in [6, 6.07) is 12.8. The normalized spacial score (nSPS) is 11.0. The standard InChI is InChI=1S/C21H25FN2O3/c1-5-24(14-15-8-6-10-17(22)12-15)19(25)16-9-7-11-18(13-16)23-20(26)27-21(2,3)4/h6-13H,5,14H2,1-4H3,(H,23,26). The highest BCUT2D eigenvalue weighted by molar-refractivity contribution is 5.96. The second-order valence-electron chi connectivity index (χ2n) is 7.16. The molecule has 0 fully saturated rings. The minimum absolute atomic E-state index is 0.199. The second-order valence-corrected chi connectivity index (χ2v) is 7.16. The number of hydrogen-bond donors (Lipinski definition) is 1. The molecule has 2 aromatic rings. The minimum atomic E-state index is -0.610. The monoisotopic (exact) mass is 372 g/mol. The Morgan fingerprint density at radius 2 is 1.81 bits per heavy atom. The van der Waals surface area contributed by atoms with Gasteiger partial charge in [-0.3, -0.25) is 10.1 Å². The summed E-state index contributed by atoms with van der Waals surface area (Å²) in [6.07, 6.45) is -0.584. The molecule has 0 saturated heterocycles. The lowest BCUT2D eigenvalue weighted by molar-refractivity contribution is 0.0634. The van der Waals surface area contributed by atoms with E-state index in [0.29, 0.717) is 29.9 Å². The zero-order valence-electron chi connectivity index (χ0n) is 16.1. The van der Waals surface area contributed by atoms with E-state index < -0.39 is 11.7 Å². The molecule has 1 N–H and O–H groups in total. The predicted octanol–water partition coefficient (Wildman–Crippen LogP) is 4.84. The van der Waals surface area contributed by atoms with Gasteiger partial charge in [-0.25, -0.2) is 9.18 Å². The molecule has 0 unspecified atom stereocenters. The van der Waals surface area contributed by atoms with Crippen molar-refractivity contribution in [2.24, 2.45) is 0 Å². The number of nitrogens with zero attached hydrogens (tertiary/aromatic N) is 1. The summed E-state index contributed by atoms with van der Waals surface area (Å²) in [6.45, 7) is 7.96. The molecule has 2 aromatic carbocycles. The van der Waals surface area contributed by atoms with Gasteiger partial charge in [-0.15, -0.1) is 0 Å². The Bertz CT molecular complexity index is 815. The highest BCUT2D eigenvalue weighted by atomic mass is 19.1. The SMILES string of the molecule is CCN(Cc1cccc(F)c1)C(=O)c1cccc(NC(=O)OC(C)(C)C)c1. The van der Waals surface area contributed by atoms with Crippen LogP contribution in [0.2, 0.25) is 0 Å². The van der Waals surface area contributed by atoms with Gasteiger partial charge >= 0.3 is 6.09 Å². The topological polar surface area (TPSA) is 58.6 Å². The molecule has 0 spiro atoms. The first kappa shape index (κ1) is 20.4. The van der Waals surface area contributed by atoms with E-state index in [2.05, 4.69) is 5.32 Å². The molecule has 0 saturated carbocycles. The lowest BCUT2D eigenvalue weighted by atomic mass is 10.1. The van der Waals surface area contributed by atoms with Crippen LogP contribution in [-0.2, 0) is 11.3 Å². The van der Waals surface area contributed by atoms with Crippen LogP contribution >= 0.6 is 0 Å². The van der Waals surface area contributed by atoms with Crippen molar-refractivity contribution < 1.29 is 18.7 Å². The number of amides is 2. The third-order valence-electron chi connectivity index (χ3n) is 3.69. The Hall–Kier alpha value is -2.89. The van der Waals surface area contributed by atoms with Gasteiger partial charge in [0.2, 0.25) is 0 Å². The van der Waals surface area contributed by atoms with Crippen molar-refractivity contribution in [3.63, 3.8) is 0 Å². The summed E-state index contributed by atoms with van der Waals surface area (Å²) in [5, 5.41) is 2.63. The van der Waals surface area contributed by atoms with Crippen LogP contribution in [0.4, 0.5) is 14.9 Å². The molecular formula is C21H25FN2O3. The lowest BCUT2D eigenvalue weighted by Gasteiger charge is -2.22. The fraction of sp³-hybridized carbons (Fsp3) is 0.333. The fourth-order valence-corrected chi connectivity index (χ4v) is 2.52. The maximum atomic E-state index is 13.4. The zero-order valence-corrected chi connectivity index (χ0v) is 16.1. The van der Waals surface area contributed by atoms with Crippen molar-refractivity contribution in [1.82, 2.24) is 4.90 Å². The molecule has 0 aliphatic heterocycles. The molecule has 2 rings (SSSR count). The van der Waals surface area contributed by atoms with Crippen molar-refractivity contribution in [1.29, 1.82) is 0 Å². The Morgan fingerprint density at radius 1 is 1.11 bits per heavy atom. The van der Waals surface area contributed by atoms with Gasteiger partial charge in [0.15, 0.2) is 0 Å². The van der Waals surface area contributed by atoms with Gasteiger partial charge in [0.25, 0.3) is 5.91 Å². The van der Waals surface area contributed by atoms with Gasteiger partial charge in [0.1, 0.15) is 11.4 Å². The minimum Gasteiger partial charge on any atom is -0.444 e. The van der Waals surface area contributed by atoms with Crippen LogP contribution < -0.4 is 5.32 Å². The zero-order chi connectivity index (χ0) is 20.0. The molecule has 0 aromatic heterocycles. The first-order valence-electron chi connectivity index (χ1n) is 8.81.